The van der Waals surface area contributed by atoms with Crippen molar-refractivity contribution in [2.45, 2.75) is 5.92 Å². The lowest BCUT2D eigenvalue weighted by molar-refractivity contribution is -0.132. The van der Waals surface area contributed by atoms with Gasteiger partial charge in [0.05, 0.1) is 0 Å². The summed E-state index contributed by atoms with van der Waals surface area (Å²) in [7, 11) is 0. The quantitative estimate of drug-likeness (QED) is 0.469. The van der Waals surface area contributed by atoms with Gasteiger partial charge in [0.2, 0.25) is 0 Å². The number of hydrogen-bond acceptors (Lipinski definition) is 2. The van der Waals surface area contributed by atoms with Crippen LogP contribution in [0.25, 0.3) is 11.3 Å². The summed E-state index contributed by atoms with van der Waals surface area (Å²) in [4.78, 5) is 12.6. The number of ether oxygens (including phenoxy) is 1. The van der Waals surface area contributed by atoms with Gasteiger partial charge in [0.1, 0.15) is 5.76 Å². The van der Waals surface area contributed by atoms with Crippen LogP contribution < -0.4 is 0 Å². The van der Waals surface area contributed by atoms with Gasteiger partial charge < -0.3 is 4.74 Å². The van der Waals surface area contributed by atoms with Crippen LogP contribution in [0.5, 0.6) is 0 Å². The summed E-state index contributed by atoms with van der Waals surface area (Å²) in [5, 5.41) is 0. The molecule has 1 unspecified atom stereocenters. The second-order valence-electron chi connectivity index (χ2n) is 6.23. The molecule has 0 N–H and O–H groups in total. The minimum atomic E-state index is -0.377. The van der Waals surface area contributed by atoms with Crippen molar-refractivity contribution in [2.75, 3.05) is 0 Å². The largest absolute Gasteiger partial charge is 0.422 e. The van der Waals surface area contributed by atoms with Crippen molar-refractivity contribution in [3.05, 3.63) is 120 Å². The van der Waals surface area contributed by atoms with Gasteiger partial charge in [-0.15, -0.1) is 0 Å². The number of benzene rings is 3. The summed E-state index contributed by atoms with van der Waals surface area (Å²) in [6.45, 7) is 4.05. The molecule has 2 heteroatoms. The topological polar surface area (TPSA) is 26.3 Å². The van der Waals surface area contributed by atoms with Crippen LogP contribution in [0.15, 0.2) is 103 Å². The van der Waals surface area contributed by atoms with Gasteiger partial charge in [0, 0.05) is 22.6 Å². The molecule has 0 amide bonds. The second kappa shape index (κ2) is 6.85. The van der Waals surface area contributed by atoms with E-state index >= 15 is 0 Å². The number of rotatable bonds is 3. The smallest absolute Gasteiger partial charge is 0.339 e. The van der Waals surface area contributed by atoms with Crippen molar-refractivity contribution in [2.24, 2.45) is 0 Å². The van der Waals surface area contributed by atoms with E-state index in [1.54, 1.807) is 0 Å². The second-order valence-corrected chi connectivity index (χ2v) is 6.23. The summed E-state index contributed by atoms with van der Waals surface area (Å²) in [6.07, 6.45) is 0. The molecule has 0 aliphatic carbocycles. The lowest BCUT2D eigenvalue weighted by Crippen LogP contribution is -2.22. The lowest BCUT2D eigenvalue weighted by atomic mass is 9.79. The average Bonchev–Trinajstić information content (AvgIpc) is 2.71. The summed E-state index contributed by atoms with van der Waals surface area (Å²) >= 11 is 0. The summed E-state index contributed by atoms with van der Waals surface area (Å²) in [5.41, 5.74) is 4.35. The Morgan fingerprint density at radius 1 is 0.692 bits per heavy atom. The van der Waals surface area contributed by atoms with Gasteiger partial charge in [-0.2, -0.15) is 0 Å². The molecule has 0 spiro atoms. The Balaban J connectivity index is 2.01. The Morgan fingerprint density at radius 3 is 1.77 bits per heavy atom. The first-order valence-corrected chi connectivity index (χ1v) is 8.56. The third-order valence-electron chi connectivity index (χ3n) is 4.59. The van der Waals surface area contributed by atoms with Crippen LogP contribution in [0, 0.1) is 0 Å². The standard InChI is InChI=1S/C24H18O2/c1-17-21(18-11-5-2-6-12-18)22(19-13-7-3-8-14-19)23(26-24(17)25)20-15-9-4-10-16-20/h2-16,21H,1H2. The average molecular weight is 338 g/mol. The van der Waals surface area contributed by atoms with E-state index in [4.69, 9.17) is 4.74 Å². The van der Waals surface area contributed by atoms with Crippen molar-refractivity contribution in [1.29, 1.82) is 0 Å². The molecule has 0 bridgehead atoms. The van der Waals surface area contributed by atoms with Gasteiger partial charge in [-0.3, -0.25) is 0 Å². The number of allylic oxidation sites excluding steroid dienone is 1. The van der Waals surface area contributed by atoms with E-state index < -0.39 is 0 Å². The van der Waals surface area contributed by atoms with E-state index in [0.29, 0.717) is 11.3 Å². The highest BCUT2D eigenvalue weighted by atomic mass is 16.5. The molecule has 126 valence electrons. The Kier molecular flexibility index (Phi) is 4.24. The highest BCUT2D eigenvalue weighted by molar-refractivity contribution is 6.07. The fraction of sp³-hybridized carbons (Fsp3) is 0.0417. The monoisotopic (exact) mass is 338 g/mol. The van der Waals surface area contributed by atoms with Crippen LogP contribution >= 0.6 is 0 Å². The van der Waals surface area contributed by atoms with Crippen molar-refractivity contribution in [3.63, 3.8) is 0 Å². The molecular weight excluding hydrogens is 320 g/mol. The van der Waals surface area contributed by atoms with Crippen LogP contribution in [-0.2, 0) is 9.53 Å². The van der Waals surface area contributed by atoms with Crippen LogP contribution in [0.4, 0.5) is 0 Å². The van der Waals surface area contributed by atoms with E-state index in [0.717, 1.165) is 22.3 Å². The third-order valence-corrected chi connectivity index (χ3v) is 4.59. The summed E-state index contributed by atoms with van der Waals surface area (Å²) < 4.78 is 5.74. The predicted octanol–water partition coefficient (Wildman–Crippen LogP) is 5.45. The van der Waals surface area contributed by atoms with Crippen LogP contribution in [0.3, 0.4) is 0 Å². The first-order valence-electron chi connectivity index (χ1n) is 8.56. The molecule has 2 nitrogen and oxygen atoms in total. The number of carbonyl (C=O) groups is 1. The molecule has 0 saturated carbocycles. The zero-order chi connectivity index (χ0) is 17.9. The van der Waals surface area contributed by atoms with Gasteiger partial charge in [-0.05, 0) is 11.1 Å². The lowest BCUT2D eigenvalue weighted by Gasteiger charge is -2.30. The Morgan fingerprint density at radius 2 is 1.19 bits per heavy atom. The molecule has 26 heavy (non-hydrogen) atoms. The zero-order valence-corrected chi connectivity index (χ0v) is 14.3. The zero-order valence-electron chi connectivity index (χ0n) is 14.3. The van der Waals surface area contributed by atoms with E-state index in [1.807, 2.05) is 91.0 Å². The molecule has 1 heterocycles. The van der Waals surface area contributed by atoms with E-state index in [9.17, 15) is 4.79 Å². The normalized spacial score (nSPS) is 17.2. The van der Waals surface area contributed by atoms with Crippen LogP contribution in [0.2, 0.25) is 0 Å². The first kappa shape index (κ1) is 16.1. The molecule has 3 aromatic rings. The maximum atomic E-state index is 12.6. The van der Waals surface area contributed by atoms with E-state index in [1.165, 1.54) is 0 Å². The number of esters is 1. The van der Waals surface area contributed by atoms with Gasteiger partial charge >= 0.3 is 5.97 Å². The maximum Gasteiger partial charge on any atom is 0.339 e. The minimum absolute atomic E-state index is 0.241. The minimum Gasteiger partial charge on any atom is -0.422 e. The number of carbonyl (C=O) groups excluding carboxylic acids is 1. The molecule has 4 rings (SSSR count). The molecule has 0 fully saturated rings. The first-order chi connectivity index (χ1) is 12.8. The molecular formula is C24H18O2. The molecule has 1 atom stereocenters. The molecule has 0 radical (unpaired) electrons. The highest BCUT2D eigenvalue weighted by Crippen LogP contribution is 2.46. The van der Waals surface area contributed by atoms with E-state index in [2.05, 4.69) is 6.58 Å². The molecule has 1 aliphatic heterocycles. The van der Waals surface area contributed by atoms with Crippen molar-refractivity contribution in [1.82, 2.24) is 0 Å². The van der Waals surface area contributed by atoms with Crippen molar-refractivity contribution < 1.29 is 9.53 Å². The fourth-order valence-electron chi connectivity index (χ4n) is 3.37. The van der Waals surface area contributed by atoms with Crippen LogP contribution in [0.1, 0.15) is 22.6 Å². The summed E-state index contributed by atoms with van der Waals surface area (Å²) in [6, 6.07) is 29.8. The molecule has 0 aromatic heterocycles. The Bertz CT molecular complexity index is 970. The Labute approximate surface area is 153 Å². The Hall–Kier alpha value is -3.39. The summed E-state index contributed by atoms with van der Waals surface area (Å²) in [5.74, 6) is -0.0181. The molecule has 1 aliphatic rings. The maximum absolute atomic E-state index is 12.6. The SMILES string of the molecule is C=C1C(=O)OC(c2ccccc2)=C(c2ccccc2)C1c1ccccc1. The molecule has 3 aromatic carbocycles. The van der Waals surface area contributed by atoms with Gasteiger partial charge in [-0.25, -0.2) is 4.79 Å². The van der Waals surface area contributed by atoms with Crippen molar-refractivity contribution in [3.8, 4) is 0 Å². The number of hydrogen-bond donors (Lipinski definition) is 0. The van der Waals surface area contributed by atoms with Crippen molar-refractivity contribution >= 4 is 17.3 Å². The third kappa shape index (κ3) is 2.86. The van der Waals surface area contributed by atoms with Gasteiger partial charge in [-0.1, -0.05) is 97.6 Å². The molecule has 0 saturated heterocycles. The fourth-order valence-corrected chi connectivity index (χ4v) is 3.37. The van der Waals surface area contributed by atoms with Crippen LogP contribution in [-0.4, -0.2) is 5.97 Å². The highest BCUT2D eigenvalue weighted by Gasteiger charge is 2.35. The number of cyclic esters (lactones) is 1. The van der Waals surface area contributed by atoms with Gasteiger partial charge in [0.15, 0.2) is 0 Å². The van der Waals surface area contributed by atoms with E-state index in [-0.39, 0.29) is 11.9 Å². The predicted molar refractivity (Wildman–Crippen MR) is 104 cm³/mol. The van der Waals surface area contributed by atoms with Gasteiger partial charge in [0.25, 0.3) is 0 Å².